The Morgan fingerprint density at radius 1 is 0.737 bits per heavy atom. The maximum atomic E-state index is 12.8. The highest BCUT2D eigenvalue weighted by Gasteiger charge is 2.23. The standard InChI is InChI=1S/C40H52N5O10PS/c1-4-7-8-9-10-11-12-13-14-15-16-20-38(46)41-29-22-21-28-23-37(57(51,52)53)39(40(47)32(28)25-29)45-44-34-27-35(54-5-2)33(26-36(34)55-6-3)43-42-30-18-17-19-31(24-30)56(48,49)50/h17-19,21-27,47H,4-16,20H2,1-3H3,(H,41,46)(H2,48,49,50)(H,51,52,53). The molecule has 0 saturated carbocycles. The molecule has 0 aliphatic heterocycles. The van der Waals surface area contributed by atoms with Crippen LogP contribution in [0.25, 0.3) is 10.8 Å². The van der Waals surface area contributed by atoms with Gasteiger partial charge in [0.05, 0.1) is 24.2 Å². The smallest absolute Gasteiger partial charge is 0.356 e. The van der Waals surface area contributed by atoms with E-state index in [4.69, 9.17) is 9.47 Å². The van der Waals surface area contributed by atoms with Gasteiger partial charge in [0, 0.05) is 29.6 Å². The lowest BCUT2D eigenvalue weighted by molar-refractivity contribution is -0.116. The monoisotopic (exact) mass is 825 g/mol. The van der Waals surface area contributed by atoms with Crippen molar-refractivity contribution >= 4 is 68.1 Å². The maximum Gasteiger partial charge on any atom is 0.356 e. The van der Waals surface area contributed by atoms with Gasteiger partial charge in [-0.3, -0.25) is 13.9 Å². The minimum Gasteiger partial charge on any atom is -0.505 e. The molecule has 0 aliphatic rings. The first-order valence-corrected chi connectivity index (χ1v) is 22.3. The van der Waals surface area contributed by atoms with Crippen molar-refractivity contribution in [3.05, 3.63) is 60.7 Å². The summed E-state index contributed by atoms with van der Waals surface area (Å²) in [6, 6.07) is 14.0. The molecule has 0 atom stereocenters. The van der Waals surface area contributed by atoms with Crippen molar-refractivity contribution in [1.29, 1.82) is 0 Å². The summed E-state index contributed by atoms with van der Waals surface area (Å²) in [6.45, 7) is 6.02. The predicted molar refractivity (Wildman–Crippen MR) is 220 cm³/mol. The second-order valence-corrected chi connectivity index (χ2v) is 16.4. The van der Waals surface area contributed by atoms with Crippen LogP contribution >= 0.6 is 7.60 Å². The minimum atomic E-state index is -4.91. The third-order valence-corrected chi connectivity index (χ3v) is 10.8. The van der Waals surface area contributed by atoms with E-state index in [2.05, 4.69) is 32.7 Å². The normalized spacial score (nSPS) is 12.2. The van der Waals surface area contributed by atoms with E-state index >= 15 is 0 Å². The highest BCUT2D eigenvalue weighted by molar-refractivity contribution is 7.86. The Morgan fingerprint density at radius 2 is 1.32 bits per heavy atom. The first kappa shape index (κ1) is 45.0. The summed E-state index contributed by atoms with van der Waals surface area (Å²) in [7, 11) is -9.44. The lowest BCUT2D eigenvalue weighted by Gasteiger charge is -2.13. The highest BCUT2D eigenvalue weighted by atomic mass is 32.2. The van der Waals surface area contributed by atoms with Crippen LogP contribution in [0.3, 0.4) is 0 Å². The molecule has 5 N–H and O–H groups in total. The van der Waals surface area contributed by atoms with Gasteiger partial charge < -0.3 is 29.7 Å². The van der Waals surface area contributed by atoms with Crippen LogP contribution in [0, 0.1) is 0 Å². The summed E-state index contributed by atoms with van der Waals surface area (Å²) in [5.41, 5.74) is 0.213. The van der Waals surface area contributed by atoms with Gasteiger partial charge in [0.2, 0.25) is 5.91 Å². The van der Waals surface area contributed by atoms with Crippen LogP contribution in [0.15, 0.2) is 86.0 Å². The van der Waals surface area contributed by atoms with E-state index < -0.39 is 34.0 Å². The molecule has 0 unspecified atom stereocenters. The predicted octanol–water partition coefficient (Wildman–Crippen LogP) is 10.9. The number of carbonyl (C=O) groups excluding carboxylic acids is 1. The molecule has 0 fully saturated rings. The number of hydrogen-bond acceptors (Lipinski definition) is 11. The average Bonchev–Trinajstić information content (AvgIpc) is 3.16. The Balaban J connectivity index is 1.55. The van der Waals surface area contributed by atoms with E-state index in [1.165, 1.54) is 93.5 Å². The molecule has 0 bridgehead atoms. The Bertz CT molecular complexity index is 2210. The number of phenols is 1. The van der Waals surface area contributed by atoms with Gasteiger partial charge >= 0.3 is 7.60 Å². The van der Waals surface area contributed by atoms with Gasteiger partial charge in [-0.05, 0) is 62.1 Å². The van der Waals surface area contributed by atoms with Crippen molar-refractivity contribution in [2.75, 3.05) is 18.5 Å². The Morgan fingerprint density at radius 3 is 1.88 bits per heavy atom. The second kappa shape index (κ2) is 21.7. The molecule has 1 amide bonds. The summed E-state index contributed by atoms with van der Waals surface area (Å²) < 4.78 is 58.4. The highest BCUT2D eigenvalue weighted by Crippen LogP contribution is 2.45. The number of hydrogen-bond donors (Lipinski definition) is 5. The van der Waals surface area contributed by atoms with Crippen molar-refractivity contribution < 1.29 is 46.7 Å². The Hall–Kier alpha value is -4.73. The molecular formula is C40H52N5O10PS. The zero-order chi connectivity index (χ0) is 41.4. The number of carbonyl (C=O) groups is 1. The molecule has 4 aromatic rings. The average molecular weight is 826 g/mol. The van der Waals surface area contributed by atoms with Crippen LogP contribution in [-0.2, 0) is 19.5 Å². The molecule has 0 aromatic heterocycles. The van der Waals surface area contributed by atoms with Gasteiger partial charge in [0.1, 0.15) is 33.5 Å². The number of fused-ring (bicyclic) bond motifs is 1. The number of anilines is 1. The number of ether oxygens (including phenoxy) is 2. The zero-order valence-corrected chi connectivity index (χ0v) is 34.3. The van der Waals surface area contributed by atoms with Crippen molar-refractivity contribution in [1.82, 2.24) is 0 Å². The van der Waals surface area contributed by atoms with Crippen molar-refractivity contribution in [2.45, 2.75) is 103 Å². The van der Waals surface area contributed by atoms with Crippen LogP contribution in [0.1, 0.15) is 97.8 Å². The summed E-state index contributed by atoms with van der Waals surface area (Å²) in [4.78, 5) is 31.1. The second-order valence-electron chi connectivity index (χ2n) is 13.4. The number of aromatic hydroxyl groups is 1. The van der Waals surface area contributed by atoms with Crippen LogP contribution in [0.4, 0.5) is 28.4 Å². The van der Waals surface area contributed by atoms with Gasteiger partial charge in [-0.25, -0.2) is 0 Å². The molecular weight excluding hydrogens is 774 g/mol. The van der Waals surface area contributed by atoms with Crippen molar-refractivity contribution in [2.24, 2.45) is 20.5 Å². The molecule has 4 rings (SSSR count). The van der Waals surface area contributed by atoms with E-state index in [0.717, 1.165) is 31.7 Å². The van der Waals surface area contributed by atoms with Crippen LogP contribution < -0.4 is 20.1 Å². The summed E-state index contributed by atoms with van der Waals surface area (Å²) in [5.74, 6) is -0.503. The lowest BCUT2D eigenvalue weighted by atomic mass is 10.1. The van der Waals surface area contributed by atoms with Gasteiger partial charge in [-0.15, -0.1) is 15.3 Å². The van der Waals surface area contributed by atoms with Gasteiger partial charge in [-0.1, -0.05) is 83.3 Å². The maximum absolute atomic E-state index is 12.8. The molecule has 0 spiro atoms. The summed E-state index contributed by atoms with van der Waals surface area (Å²) >= 11 is 0. The number of azo groups is 2. The first-order valence-electron chi connectivity index (χ1n) is 19.3. The SMILES string of the molecule is CCCCCCCCCCCCCC(=O)Nc1ccc2cc(S(=O)(=O)O)c(N=Nc3cc(OCC)c(N=Nc4cccc(P(=O)(O)O)c4)cc3OCC)c(O)c2c1. The number of benzene rings is 4. The van der Waals surface area contributed by atoms with E-state index in [1.54, 1.807) is 19.9 Å². The topological polar surface area (TPSA) is 229 Å². The molecule has 0 aliphatic carbocycles. The number of phenolic OH excluding ortho intramolecular Hbond substituents is 1. The molecule has 17 heteroatoms. The van der Waals surface area contributed by atoms with E-state index in [-0.39, 0.29) is 63.8 Å². The number of amides is 1. The molecule has 0 radical (unpaired) electrons. The molecule has 0 heterocycles. The number of rotatable bonds is 23. The van der Waals surface area contributed by atoms with E-state index in [9.17, 15) is 37.2 Å². The number of unbranched alkanes of at least 4 members (excludes halogenated alkanes) is 10. The van der Waals surface area contributed by atoms with E-state index in [0.29, 0.717) is 12.1 Å². The lowest BCUT2D eigenvalue weighted by Crippen LogP contribution is -2.11. The number of nitrogens with one attached hydrogen (secondary N) is 1. The van der Waals surface area contributed by atoms with Gasteiger partial charge in [0.25, 0.3) is 10.1 Å². The third kappa shape index (κ3) is 13.7. The molecule has 15 nitrogen and oxygen atoms in total. The molecule has 0 saturated heterocycles. The third-order valence-electron chi connectivity index (χ3n) is 8.96. The molecule has 308 valence electrons. The van der Waals surface area contributed by atoms with Gasteiger partial charge in [0.15, 0.2) is 5.75 Å². The van der Waals surface area contributed by atoms with Crippen LogP contribution in [0.5, 0.6) is 17.2 Å². The quantitative estimate of drug-likeness (QED) is 0.0205. The van der Waals surface area contributed by atoms with E-state index in [1.807, 2.05) is 0 Å². The Kier molecular flexibility index (Phi) is 17.1. The molecule has 57 heavy (non-hydrogen) atoms. The van der Waals surface area contributed by atoms with Crippen molar-refractivity contribution in [3.63, 3.8) is 0 Å². The Labute approximate surface area is 333 Å². The molecule has 4 aromatic carbocycles. The fraction of sp³-hybridized carbons (Fsp3) is 0.425. The minimum absolute atomic E-state index is 0.0481. The largest absolute Gasteiger partial charge is 0.505 e. The van der Waals surface area contributed by atoms with Crippen LogP contribution in [0.2, 0.25) is 0 Å². The van der Waals surface area contributed by atoms with Gasteiger partial charge in [-0.2, -0.15) is 13.5 Å². The summed E-state index contributed by atoms with van der Waals surface area (Å²) in [6.07, 6.45) is 13.2. The summed E-state index contributed by atoms with van der Waals surface area (Å²) in [5, 5.41) is 30.9. The fourth-order valence-electron chi connectivity index (χ4n) is 6.07. The van der Waals surface area contributed by atoms with Crippen molar-refractivity contribution in [3.8, 4) is 17.2 Å². The number of nitrogens with zero attached hydrogens (tertiary/aromatic N) is 4. The zero-order valence-electron chi connectivity index (χ0n) is 32.6. The fourth-order valence-corrected chi connectivity index (χ4v) is 7.31. The van der Waals surface area contributed by atoms with Crippen LogP contribution in [-0.4, -0.2) is 47.0 Å². The first-order chi connectivity index (χ1) is 27.2.